The minimum Gasteiger partial charge on any atom is -0.342 e. The van der Waals surface area contributed by atoms with Crippen molar-refractivity contribution in [3.8, 4) is 0 Å². The van der Waals surface area contributed by atoms with Crippen LogP contribution in [0.5, 0.6) is 0 Å². The molecule has 4 nitrogen and oxygen atoms in total. The third kappa shape index (κ3) is 3.78. The largest absolute Gasteiger partial charge is 0.342 e. The Bertz CT molecular complexity index is 1100. The highest BCUT2D eigenvalue weighted by atomic mass is 35.5. The van der Waals surface area contributed by atoms with E-state index in [-0.39, 0.29) is 11.9 Å². The second kappa shape index (κ2) is 7.87. The number of halogens is 1. The molecule has 1 N–H and O–H groups in total. The van der Waals surface area contributed by atoms with Crippen LogP contribution in [0, 0.1) is 0 Å². The first kappa shape index (κ1) is 18.3. The van der Waals surface area contributed by atoms with Crippen molar-refractivity contribution in [3.05, 3.63) is 101 Å². The summed E-state index contributed by atoms with van der Waals surface area (Å²) in [5.41, 5.74) is 3.72. The number of carbonyl (C=O) groups is 1. The van der Waals surface area contributed by atoms with Crippen LogP contribution >= 0.6 is 11.6 Å². The molecule has 4 aromatic rings. The lowest BCUT2D eigenvalue weighted by Crippen LogP contribution is -2.28. The zero-order valence-corrected chi connectivity index (χ0v) is 16.2. The van der Waals surface area contributed by atoms with Gasteiger partial charge in [0.1, 0.15) is 5.82 Å². The van der Waals surface area contributed by atoms with Crippen LogP contribution in [0.2, 0.25) is 5.02 Å². The Morgan fingerprint density at radius 3 is 2.43 bits per heavy atom. The van der Waals surface area contributed by atoms with Gasteiger partial charge in [-0.2, -0.15) is 0 Å². The quantitative estimate of drug-likeness (QED) is 0.508. The molecule has 1 heterocycles. The van der Waals surface area contributed by atoms with E-state index in [4.69, 9.17) is 16.6 Å². The van der Waals surface area contributed by atoms with Gasteiger partial charge in [-0.05, 0) is 48.9 Å². The van der Waals surface area contributed by atoms with Gasteiger partial charge in [-0.25, -0.2) is 4.98 Å². The molecule has 0 saturated heterocycles. The Hall–Kier alpha value is -3.11. The number of para-hydroxylation sites is 2. The Morgan fingerprint density at radius 1 is 1.00 bits per heavy atom. The first-order valence-corrected chi connectivity index (χ1v) is 9.55. The van der Waals surface area contributed by atoms with Gasteiger partial charge in [0.15, 0.2) is 0 Å². The summed E-state index contributed by atoms with van der Waals surface area (Å²) in [7, 11) is 0. The van der Waals surface area contributed by atoms with Crippen molar-refractivity contribution >= 4 is 28.5 Å². The smallest absolute Gasteiger partial charge is 0.251 e. The number of amides is 1. The van der Waals surface area contributed by atoms with Gasteiger partial charge in [0.05, 0.1) is 17.1 Å². The van der Waals surface area contributed by atoms with Crippen molar-refractivity contribution in [2.24, 2.45) is 0 Å². The number of hydrogen-bond acceptors (Lipinski definition) is 2. The van der Waals surface area contributed by atoms with Crippen LogP contribution in [0.15, 0.2) is 78.9 Å². The number of nitrogens with zero attached hydrogens (tertiary/aromatic N) is 2. The number of nitrogens with one attached hydrogen (secondary N) is 1. The Labute approximate surface area is 168 Å². The van der Waals surface area contributed by atoms with Gasteiger partial charge in [0.25, 0.3) is 5.91 Å². The Morgan fingerprint density at radius 2 is 1.68 bits per heavy atom. The topological polar surface area (TPSA) is 46.9 Å². The maximum Gasteiger partial charge on any atom is 0.251 e. The zero-order chi connectivity index (χ0) is 19.5. The summed E-state index contributed by atoms with van der Waals surface area (Å²) in [6.45, 7) is 2.65. The molecule has 140 valence electrons. The number of benzene rings is 3. The lowest BCUT2D eigenvalue weighted by molar-refractivity contribution is 0.0938. The molecule has 0 radical (unpaired) electrons. The number of hydrogen-bond donors (Lipinski definition) is 1. The molecule has 1 aromatic heterocycles. The summed E-state index contributed by atoms with van der Waals surface area (Å²) >= 11 is 5.92. The van der Waals surface area contributed by atoms with Crippen LogP contribution in [0.4, 0.5) is 0 Å². The number of imidazole rings is 1. The molecule has 0 fully saturated rings. The molecule has 0 aliphatic rings. The van der Waals surface area contributed by atoms with E-state index in [0.717, 1.165) is 16.9 Å². The third-order valence-corrected chi connectivity index (χ3v) is 4.96. The molecule has 5 heteroatoms. The molecule has 1 amide bonds. The van der Waals surface area contributed by atoms with E-state index in [2.05, 4.69) is 28.1 Å². The maximum absolute atomic E-state index is 12.6. The molecule has 4 rings (SSSR count). The molecular formula is C23H20ClN3O. The summed E-state index contributed by atoms with van der Waals surface area (Å²) in [4.78, 5) is 17.4. The fourth-order valence-corrected chi connectivity index (χ4v) is 3.43. The summed E-state index contributed by atoms with van der Waals surface area (Å²) in [5, 5.41) is 3.66. The molecule has 0 bridgehead atoms. The summed E-state index contributed by atoms with van der Waals surface area (Å²) in [6, 6.07) is 24.9. The van der Waals surface area contributed by atoms with Gasteiger partial charge in [0, 0.05) is 17.1 Å². The van der Waals surface area contributed by atoms with Gasteiger partial charge in [0.2, 0.25) is 0 Å². The van der Waals surface area contributed by atoms with E-state index in [1.54, 1.807) is 24.3 Å². The van der Waals surface area contributed by atoms with Crippen molar-refractivity contribution in [3.63, 3.8) is 0 Å². The molecule has 28 heavy (non-hydrogen) atoms. The minimum absolute atomic E-state index is 0.150. The van der Waals surface area contributed by atoms with E-state index in [9.17, 15) is 4.79 Å². The summed E-state index contributed by atoms with van der Waals surface area (Å²) in [6.07, 6.45) is 0. The van der Waals surface area contributed by atoms with E-state index in [0.29, 0.717) is 17.1 Å². The van der Waals surface area contributed by atoms with E-state index in [1.807, 2.05) is 43.3 Å². The standard InChI is InChI=1S/C23H20ClN3O/c1-16(25-23(28)18-11-13-19(24)14-12-18)22-26-20-9-5-6-10-21(20)27(22)15-17-7-3-2-4-8-17/h2-14,16H,15H2,1H3,(H,25,28). The molecule has 1 atom stereocenters. The van der Waals surface area contributed by atoms with E-state index in [1.165, 1.54) is 5.56 Å². The lowest BCUT2D eigenvalue weighted by Gasteiger charge is -2.16. The van der Waals surface area contributed by atoms with Crippen molar-refractivity contribution < 1.29 is 4.79 Å². The number of aromatic nitrogens is 2. The number of rotatable bonds is 5. The lowest BCUT2D eigenvalue weighted by atomic mass is 10.2. The van der Waals surface area contributed by atoms with Crippen LogP contribution in [0.25, 0.3) is 11.0 Å². The molecule has 0 saturated carbocycles. The number of fused-ring (bicyclic) bond motifs is 1. The van der Waals surface area contributed by atoms with Gasteiger partial charge in [-0.15, -0.1) is 0 Å². The monoisotopic (exact) mass is 389 g/mol. The predicted octanol–water partition coefficient (Wildman–Crippen LogP) is 5.23. The highest BCUT2D eigenvalue weighted by Crippen LogP contribution is 2.23. The van der Waals surface area contributed by atoms with Crippen LogP contribution in [-0.4, -0.2) is 15.5 Å². The average molecular weight is 390 g/mol. The zero-order valence-electron chi connectivity index (χ0n) is 15.5. The van der Waals surface area contributed by atoms with Crippen molar-refractivity contribution in [1.82, 2.24) is 14.9 Å². The summed E-state index contributed by atoms with van der Waals surface area (Å²) < 4.78 is 2.16. The van der Waals surface area contributed by atoms with Gasteiger partial charge >= 0.3 is 0 Å². The van der Waals surface area contributed by atoms with Gasteiger partial charge in [-0.3, -0.25) is 4.79 Å². The first-order chi connectivity index (χ1) is 13.6. The second-order valence-electron chi connectivity index (χ2n) is 6.73. The first-order valence-electron chi connectivity index (χ1n) is 9.17. The van der Waals surface area contributed by atoms with Crippen molar-refractivity contribution in [2.45, 2.75) is 19.5 Å². The van der Waals surface area contributed by atoms with Crippen molar-refractivity contribution in [1.29, 1.82) is 0 Å². The highest BCUT2D eigenvalue weighted by Gasteiger charge is 2.19. The molecule has 1 unspecified atom stereocenters. The number of carbonyl (C=O) groups excluding carboxylic acids is 1. The molecule has 0 aliphatic heterocycles. The average Bonchev–Trinajstić information content (AvgIpc) is 3.08. The van der Waals surface area contributed by atoms with Crippen LogP contribution in [0.3, 0.4) is 0 Å². The minimum atomic E-state index is -0.251. The highest BCUT2D eigenvalue weighted by molar-refractivity contribution is 6.30. The van der Waals surface area contributed by atoms with E-state index >= 15 is 0 Å². The fourth-order valence-electron chi connectivity index (χ4n) is 3.30. The second-order valence-corrected chi connectivity index (χ2v) is 7.17. The van der Waals surface area contributed by atoms with Gasteiger partial charge < -0.3 is 9.88 Å². The van der Waals surface area contributed by atoms with Crippen LogP contribution < -0.4 is 5.32 Å². The molecular weight excluding hydrogens is 370 g/mol. The fraction of sp³-hybridized carbons (Fsp3) is 0.130. The van der Waals surface area contributed by atoms with Crippen LogP contribution in [-0.2, 0) is 6.54 Å². The normalized spacial score (nSPS) is 12.1. The third-order valence-electron chi connectivity index (χ3n) is 4.71. The van der Waals surface area contributed by atoms with Crippen molar-refractivity contribution in [2.75, 3.05) is 0 Å². The Balaban J connectivity index is 1.66. The molecule has 3 aromatic carbocycles. The molecule has 0 aliphatic carbocycles. The predicted molar refractivity (Wildman–Crippen MR) is 113 cm³/mol. The summed E-state index contributed by atoms with van der Waals surface area (Å²) in [5.74, 6) is 0.676. The SMILES string of the molecule is CC(NC(=O)c1ccc(Cl)cc1)c1nc2ccccc2n1Cc1ccccc1. The Kier molecular flexibility index (Phi) is 5.13. The van der Waals surface area contributed by atoms with Crippen LogP contribution in [0.1, 0.15) is 34.7 Å². The maximum atomic E-state index is 12.6. The molecule has 0 spiro atoms. The van der Waals surface area contributed by atoms with E-state index < -0.39 is 0 Å². The van der Waals surface area contributed by atoms with Gasteiger partial charge in [-0.1, -0.05) is 54.1 Å².